The van der Waals surface area contributed by atoms with E-state index in [1.807, 2.05) is 48.7 Å². The number of para-hydroxylation sites is 1. The van der Waals surface area contributed by atoms with Crippen LogP contribution in [0.2, 0.25) is 0 Å². The van der Waals surface area contributed by atoms with E-state index in [0.29, 0.717) is 27.4 Å². The first-order chi connectivity index (χ1) is 15.0. The van der Waals surface area contributed by atoms with Gasteiger partial charge in [-0.25, -0.2) is 4.98 Å². The summed E-state index contributed by atoms with van der Waals surface area (Å²) in [4.78, 5) is 32.4. The first-order valence-electron chi connectivity index (χ1n) is 9.75. The van der Waals surface area contributed by atoms with Crippen molar-refractivity contribution in [2.24, 2.45) is 0 Å². The van der Waals surface area contributed by atoms with Gasteiger partial charge in [0, 0.05) is 28.7 Å². The number of ether oxygens (including phenoxy) is 2. The normalized spacial score (nSPS) is 12.5. The van der Waals surface area contributed by atoms with Crippen LogP contribution in [0, 0.1) is 13.8 Å². The SMILES string of the molecule is Cc1cc(C(=O)CSc2nc3ccccc3c(=O)[nH]2)c(C)n1-c1ccc2c(c1)OCO2. The molecular weight excluding hydrogens is 414 g/mol. The molecule has 8 heteroatoms. The summed E-state index contributed by atoms with van der Waals surface area (Å²) < 4.78 is 12.9. The second kappa shape index (κ2) is 7.63. The molecule has 0 radical (unpaired) electrons. The number of fused-ring (bicyclic) bond motifs is 2. The number of nitrogens with zero attached hydrogens (tertiary/aromatic N) is 2. The highest BCUT2D eigenvalue weighted by Crippen LogP contribution is 2.35. The van der Waals surface area contributed by atoms with Gasteiger partial charge in [0.1, 0.15) is 0 Å². The number of benzene rings is 2. The van der Waals surface area contributed by atoms with Crippen molar-refractivity contribution in [3.05, 3.63) is 75.8 Å². The van der Waals surface area contributed by atoms with Crippen molar-refractivity contribution in [3.8, 4) is 17.2 Å². The maximum Gasteiger partial charge on any atom is 0.259 e. The van der Waals surface area contributed by atoms with Crippen LogP contribution in [0.15, 0.2) is 58.5 Å². The van der Waals surface area contributed by atoms with E-state index in [2.05, 4.69) is 9.97 Å². The molecular formula is C23H19N3O4S. The Hall–Kier alpha value is -3.52. The molecule has 0 fully saturated rings. The van der Waals surface area contributed by atoms with Crippen molar-refractivity contribution in [3.63, 3.8) is 0 Å². The average Bonchev–Trinajstić information content (AvgIpc) is 3.35. The minimum Gasteiger partial charge on any atom is -0.454 e. The number of aromatic nitrogens is 3. The van der Waals surface area contributed by atoms with Crippen LogP contribution >= 0.6 is 11.8 Å². The van der Waals surface area contributed by atoms with E-state index in [-0.39, 0.29) is 23.9 Å². The number of nitrogens with one attached hydrogen (secondary N) is 1. The van der Waals surface area contributed by atoms with Crippen LogP contribution in [-0.4, -0.2) is 32.9 Å². The second-order valence-corrected chi connectivity index (χ2v) is 8.22. The lowest BCUT2D eigenvalue weighted by Crippen LogP contribution is -2.11. The number of hydrogen-bond acceptors (Lipinski definition) is 6. The second-order valence-electron chi connectivity index (χ2n) is 7.26. The van der Waals surface area contributed by atoms with Crippen LogP contribution < -0.4 is 15.0 Å². The number of H-pyrrole nitrogens is 1. The lowest BCUT2D eigenvalue weighted by Gasteiger charge is -2.10. The van der Waals surface area contributed by atoms with Crippen molar-refractivity contribution in [1.82, 2.24) is 14.5 Å². The maximum atomic E-state index is 13.0. The molecule has 0 amide bonds. The van der Waals surface area contributed by atoms with E-state index in [9.17, 15) is 9.59 Å². The van der Waals surface area contributed by atoms with Crippen molar-refractivity contribution in [2.45, 2.75) is 19.0 Å². The minimum atomic E-state index is -0.207. The Balaban J connectivity index is 1.39. The Morgan fingerprint density at radius 1 is 1.13 bits per heavy atom. The van der Waals surface area contributed by atoms with Gasteiger partial charge in [-0.3, -0.25) is 9.59 Å². The predicted molar refractivity (Wildman–Crippen MR) is 119 cm³/mol. The molecule has 4 aromatic rings. The van der Waals surface area contributed by atoms with Gasteiger partial charge >= 0.3 is 0 Å². The zero-order chi connectivity index (χ0) is 21.5. The number of hydrogen-bond donors (Lipinski definition) is 1. The lowest BCUT2D eigenvalue weighted by atomic mass is 10.2. The van der Waals surface area contributed by atoms with Gasteiger partial charge in [0.15, 0.2) is 22.4 Å². The lowest BCUT2D eigenvalue weighted by molar-refractivity contribution is 0.102. The van der Waals surface area contributed by atoms with Gasteiger partial charge in [-0.05, 0) is 44.2 Å². The summed E-state index contributed by atoms with van der Waals surface area (Å²) in [6.07, 6.45) is 0. The number of Topliss-reactive ketones (excluding diaryl/α,β-unsaturated/α-hetero) is 1. The van der Waals surface area contributed by atoms with Gasteiger partial charge in [0.25, 0.3) is 5.56 Å². The van der Waals surface area contributed by atoms with E-state index >= 15 is 0 Å². The van der Waals surface area contributed by atoms with E-state index in [1.54, 1.807) is 18.2 Å². The number of thioether (sulfide) groups is 1. The van der Waals surface area contributed by atoms with Crippen molar-refractivity contribution >= 4 is 28.4 Å². The molecule has 1 N–H and O–H groups in total. The molecule has 2 aromatic carbocycles. The molecule has 0 unspecified atom stereocenters. The summed E-state index contributed by atoms with van der Waals surface area (Å²) in [5, 5.41) is 0.965. The number of carbonyl (C=O) groups is 1. The van der Waals surface area contributed by atoms with Crippen LogP contribution in [0.25, 0.3) is 16.6 Å². The molecule has 5 rings (SSSR count). The number of aromatic amines is 1. The third kappa shape index (κ3) is 3.48. The summed E-state index contributed by atoms with van der Waals surface area (Å²) in [6.45, 7) is 4.10. The molecule has 3 heterocycles. The average molecular weight is 433 g/mol. The Morgan fingerprint density at radius 2 is 1.94 bits per heavy atom. The van der Waals surface area contributed by atoms with Gasteiger partial charge in [-0.15, -0.1) is 0 Å². The minimum absolute atomic E-state index is 0.0269. The number of ketones is 1. The van der Waals surface area contributed by atoms with Gasteiger partial charge in [0.2, 0.25) is 6.79 Å². The fourth-order valence-electron chi connectivity index (χ4n) is 3.81. The highest BCUT2D eigenvalue weighted by molar-refractivity contribution is 7.99. The molecule has 0 saturated heterocycles. The zero-order valence-electron chi connectivity index (χ0n) is 17.0. The summed E-state index contributed by atoms with van der Waals surface area (Å²) in [6, 6.07) is 14.8. The van der Waals surface area contributed by atoms with Gasteiger partial charge < -0.3 is 19.0 Å². The zero-order valence-corrected chi connectivity index (χ0v) is 17.8. The Morgan fingerprint density at radius 3 is 2.81 bits per heavy atom. The monoisotopic (exact) mass is 433 g/mol. The van der Waals surface area contributed by atoms with Crippen LogP contribution in [0.3, 0.4) is 0 Å². The van der Waals surface area contributed by atoms with Crippen LogP contribution in [0.4, 0.5) is 0 Å². The standard InChI is InChI=1S/C23H19N3O4S/c1-13-9-17(14(2)26(13)15-7-8-20-21(10-15)30-12-29-20)19(27)11-31-23-24-18-6-4-3-5-16(18)22(28)25-23/h3-10H,11-12H2,1-2H3,(H,24,25,28). The van der Waals surface area contributed by atoms with Crippen molar-refractivity contribution < 1.29 is 14.3 Å². The van der Waals surface area contributed by atoms with Crippen molar-refractivity contribution in [1.29, 1.82) is 0 Å². The molecule has 0 spiro atoms. The topological polar surface area (TPSA) is 86.2 Å². The molecule has 156 valence electrons. The molecule has 0 saturated carbocycles. The summed E-state index contributed by atoms with van der Waals surface area (Å²) in [7, 11) is 0. The molecule has 31 heavy (non-hydrogen) atoms. The van der Waals surface area contributed by atoms with E-state index in [1.165, 1.54) is 11.8 Å². The van der Waals surface area contributed by atoms with Crippen LogP contribution in [0.1, 0.15) is 21.7 Å². The number of carbonyl (C=O) groups excluding carboxylic acids is 1. The summed E-state index contributed by atoms with van der Waals surface area (Å²) in [5.74, 6) is 1.56. The highest BCUT2D eigenvalue weighted by Gasteiger charge is 2.20. The largest absolute Gasteiger partial charge is 0.454 e. The fourth-order valence-corrected chi connectivity index (χ4v) is 4.56. The Kier molecular flexibility index (Phi) is 4.78. The third-order valence-electron chi connectivity index (χ3n) is 5.28. The van der Waals surface area contributed by atoms with Gasteiger partial charge in [0.05, 0.1) is 16.7 Å². The first-order valence-corrected chi connectivity index (χ1v) is 10.7. The molecule has 2 aromatic heterocycles. The molecule has 1 aliphatic heterocycles. The molecule has 1 aliphatic rings. The van der Waals surface area contributed by atoms with E-state index in [4.69, 9.17) is 9.47 Å². The number of aryl methyl sites for hydroxylation is 1. The highest BCUT2D eigenvalue weighted by atomic mass is 32.2. The quantitative estimate of drug-likeness (QED) is 0.291. The Labute approximate surface area is 182 Å². The summed E-state index contributed by atoms with van der Waals surface area (Å²) >= 11 is 1.23. The summed E-state index contributed by atoms with van der Waals surface area (Å²) in [5.41, 5.74) is 3.75. The maximum absolute atomic E-state index is 13.0. The van der Waals surface area contributed by atoms with E-state index in [0.717, 1.165) is 22.8 Å². The van der Waals surface area contributed by atoms with Gasteiger partial charge in [-0.1, -0.05) is 23.9 Å². The molecule has 0 atom stereocenters. The van der Waals surface area contributed by atoms with Crippen LogP contribution in [0.5, 0.6) is 11.5 Å². The Bertz CT molecular complexity index is 1390. The molecule has 7 nitrogen and oxygen atoms in total. The fraction of sp³-hybridized carbons (Fsp3) is 0.174. The van der Waals surface area contributed by atoms with Crippen LogP contribution in [-0.2, 0) is 0 Å². The van der Waals surface area contributed by atoms with Crippen molar-refractivity contribution in [2.75, 3.05) is 12.5 Å². The smallest absolute Gasteiger partial charge is 0.259 e. The first kappa shape index (κ1) is 19.4. The predicted octanol–water partition coefficient (Wildman–Crippen LogP) is 4.03. The molecule has 0 aliphatic carbocycles. The third-order valence-corrected chi connectivity index (χ3v) is 6.15. The number of rotatable bonds is 5. The van der Waals surface area contributed by atoms with E-state index < -0.39 is 0 Å². The molecule has 0 bridgehead atoms. The van der Waals surface area contributed by atoms with Gasteiger partial charge in [-0.2, -0.15) is 0 Å².